The third-order valence-electron chi connectivity index (χ3n) is 2.56. The number of hydrogen-bond donors (Lipinski definition) is 2. The Kier molecular flexibility index (Phi) is 4.90. The Hall–Kier alpha value is -1.45. The predicted octanol–water partition coefficient (Wildman–Crippen LogP) is 0.639. The van der Waals surface area contributed by atoms with E-state index in [-0.39, 0.29) is 15.1 Å². The van der Waals surface area contributed by atoms with Crippen molar-refractivity contribution in [2.45, 2.75) is 31.0 Å². The number of aliphatic carboxylic acids is 1. The van der Waals surface area contributed by atoms with Crippen molar-refractivity contribution in [2.75, 3.05) is 6.54 Å². The summed E-state index contributed by atoms with van der Waals surface area (Å²) < 4.78 is 22.4. The molecule has 1 aromatic heterocycles. The van der Waals surface area contributed by atoms with Crippen molar-refractivity contribution >= 4 is 33.2 Å². The highest BCUT2D eigenvalue weighted by molar-refractivity contribution is 7.91. The molecule has 0 aliphatic heterocycles. The minimum Gasteiger partial charge on any atom is -0.480 e. The number of hydrogen-bond acceptors (Lipinski definition) is 5. The highest BCUT2D eigenvalue weighted by atomic mass is 32.2. The van der Waals surface area contributed by atoms with Gasteiger partial charge in [-0.1, -0.05) is 0 Å². The first kappa shape index (κ1) is 16.6. The number of thiophene rings is 1. The molecule has 0 fully saturated rings. The van der Waals surface area contributed by atoms with Gasteiger partial charge in [0.1, 0.15) is 10.8 Å². The molecule has 1 amide bonds. The van der Waals surface area contributed by atoms with E-state index in [1.165, 1.54) is 6.07 Å². The average Bonchev–Trinajstić information content (AvgIpc) is 2.66. The van der Waals surface area contributed by atoms with Gasteiger partial charge in [0.2, 0.25) is 10.0 Å². The van der Waals surface area contributed by atoms with E-state index in [0.717, 1.165) is 16.2 Å². The van der Waals surface area contributed by atoms with E-state index in [0.29, 0.717) is 5.56 Å². The molecule has 0 atom stereocenters. The number of nitrogens with zero attached hydrogens (tertiary/aromatic N) is 1. The molecule has 0 unspecified atom stereocenters. The van der Waals surface area contributed by atoms with Crippen LogP contribution in [0.3, 0.4) is 0 Å². The number of aryl methyl sites for hydroxylation is 1. The Labute approximate surface area is 121 Å². The lowest BCUT2D eigenvalue weighted by molar-refractivity contribution is -0.138. The minimum atomic E-state index is -3.88. The van der Waals surface area contributed by atoms with Crippen LogP contribution in [0.15, 0.2) is 10.3 Å². The Morgan fingerprint density at radius 2 is 2.00 bits per heavy atom. The zero-order valence-electron chi connectivity index (χ0n) is 11.3. The van der Waals surface area contributed by atoms with Crippen LogP contribution in [-0.4, -0.2) is 42.9 Å². The molecule has 20 heavy (non-hydrogen) atoms. The van der Waals surface area contributed by atoms with Crippen LogP contribution in [0.4, 0.5) is 0 Å². The second-order valence-electron chi connectivity index (χ2n) is 4.54. The summed E-state index contributed by atoms with van der Waals surface area (Å²) in [7, 11) is -3.88. The van der Waals surface area contributed by atoms with E-state index >= 15 is 0 Å². The van der Waals surface area contributed by atoms with E-state index in [9.17, 15) is 18.0 Å². The van der Waals surface area contributed by atoms with Gasteiger partial charge in [0.15, 0.2) is 0 Å². The average molecular weight is 320 g/mol. The van der Waals surface area contributed by atoms with Gasteiger partial charge >= 0.3 is 5.97 Å². The van der Waals surface area contributed by atoms with Crippen molar-refractivity contribution in [2.24, 2.45) is 5.14 Å². The van der Waals surface area contributed by atoms with Gasteiger partial charge in [0.25, 0.3) is 5.91 Å². The predicted molar refractivity (Wildman–Crippen MR) is 74.2 cm³/mol. The number of amides is 1. The zero-order chi connectivity index (χ0) is 15.7. The standard InChI is InChI=1S/C11H16N2O5S2/c1-6(2)13(5-8(14)15)11(16)10-7(3)4-9(19-10)20(12,17)18/h4,6H,5H2,1-3H3,(H,14,15)(H2,12,17,18). The topological polar surface area (TPSA) is 118 Å². The molecule has 0 saturated heterocycles. The van der Waals surface area contributed by atoms with E-state index in [1.54, 1.807) is 20.8 Å². The third kappa shape index (κ3) is 3.78. The molecule has 3 N–H and O–H groups in total. The molecule has 0 spiro atoms. The van der Waals surface area contributed by atoms with Crippen LogP contribution >= 0.6 is 11.3 Å². The Balaban J connectivity index is 3.19. The number of carbonyl (C=O) groups is 2. The lowest BCUT2D eigenvalue weighted by atomic mass is 10.2. The number of carbonyl (C=O) groups excluding carboxylic acids is 1. The Bertz CT molecular complexity index is 633. The van der Waals surface area contributed by atoms with Crippen LogP contribution in [0.1, 0.15) is 29.1 Å². The van der Waals surface area contributed by atoms with Crippen molar-refractivity contribution in [1.82, 2.24) is 4.90 Å². The van der Waals surface area contributed by atoms with Gasteiger partial charge in [-0.2, -0.15) is 0 Å². The molecule has 0 aromatic carbocycles. The van der Waals surface area contributed by atoms with Crippen molar-refractivity contribution in [1.29, 1.82) is 0 Å². The quantitative estimate of drug-likeness (QED) is 0.825. The first-order valence-corrected chi connectivity index (χ1v) is 8.06. The highest BCUT2D eigenvalue weighted by Gasteiger charge is 2.26. The molecule has 0 bridgehead atoms. The van der Waals surface area contributed by atoms with Gasteiger partial charge in [-0.05, 0) is 32.4 Å². The van der Waals surface area contributed by atoms with Gasteiger partial charge in [-0.3, -0.25) is 9.59 Å². The summed E-state index contributed by atoms with van der Waals surface area (Å²) in [6.45, 7) is 4.50. The molecule has 0 aliphatic carbocycles. The van der Waals surface area contributed by atoms with Crippen LogP contribution in [0.25, 0.3) is 0 Å². The summed E-state index contributed by atoms with van der Waals surface area (Å²) in [6, 6.07) is 0.991. The second kappa shape index (κ2) is 5.90. The van der Waals surface area contributed by atoms with Gasteiger partial charge in [0, 0.05) is 6.04 Å². The van der Waals surface area contributed by atoms with Gasteiger partial charge in [-0.15, -0.1) is 11.3 Å². The first-order valence-electron chi connectivity index (χ1n) is 5.70. The maximum absolute atomic E-state index is 12.3. The van der Waals surface area contributed by atoms with Crippen LogP contribution in [0, 0.1) is 6.92 Å². The SMILES string of the molecule is Cc1cc(S(N)(=O)=O)sc1C(=O)N(CC(=O)O)C(C)C. The summed E-state index contributed by atoms with van der Waals surface area (Å²) in [5.74, 6) is -1.65. The maximum atomic E-state index is 12.3. The first-order chi connectivity index (χ1) is 9.04. The lowest BCUT2D eigenvalue weighted by Gasteiger charge is -2.24. The number of primary sulfonamides is 1. The molecule has 0 aliphatic rings. The molecule has 9 heteroatoms. The second-order valence-corrected chi connectivity index (χ2v) is 7.38. The summed E-state index contributed by atoms with van der Waals surface area (Å²) in [6.07, 6.45) is 0. The largest absolute Gasteiger partial charge is 0.480 e. The molecule has 0 saturated carbocycles. The number of carboxylic acids is 1. The van der Waals surface area contributed by atoms with Gasteiger partial charge < -0.3 is 10.0 Å². The normalized spacial score (nSPS) is 11.7. The summed E-state index contributed by atoms with van der Waals surface area (Å²) in [5.41, 5.74) is 0.458. The molecule has 0 radical (unpaired) electrons. The van der Waals surface area contributed by atoms with Crippen molar-refractivity contribution in [3.8, 4) is 0 Å². The highest BCUT2D eigenvalue weighted by Crippen LogP contribution is 2.26. The fraction of sp³-hybridized carbons (Fsp3) is 0.455. The lowest BCUT2D eigenvalue weighted by Crippen LogP contribution is -2.40. The summed E-state index contributed by atoms with van der Waals surface area (Å²) >= 11 is 0.750. The number of rotatable bonds is 5. The molecular formula is C11H16N2O5S2. The molecular weight excluding hydrogens is 304 g/mol. The Morgan fingerprint density at radius 3 is 2.35 bits per heavy atom. The van der Waals surface area contributed by atoms with E-state index < -0.39 is 28.4 Å². The maximum Gasteiger partial charge on any atom is 0.323 e. The smallest absolute Gasteiger partial charge is 0.323 e. The number of carboxylic acid groups (broad SMARTS) is 1. The van der Waals surface area contributed by atoms with Gasteiger partial charge in [-0.25, -0.2) is 13.6 Å². The fourth-order valence-corrected chi connectivity index (χ4v) is 3.49. The zero-order valence-corrected chi connectivity index (χ0v) is 12.9. The van der Waals surface area contributed by atoms with E-state index in [4.69, 9.17) is 10.2 Å². The summed E-state index contributed by atoms with van der Waals surface area (Å²) in [5, 5.41) is 13.8. The fourth-order valence-electron chi connectivity index (χ4n) is 1.57. The van der Waals surface area contributed by atoms with Crippen molar-refractivity contribution < 1.29 is 23.1 Å². The van der Waals surface area contributed by atoms with Crippen molar-refractivity contribution in [3.05, 3.63) is 16.5 Å². The third-order valence-corrected chi connectivity index (χ3v) is 5.21. The van der Waals surface area contributed by atoms with Crippen LogP contribution in [0.5, 0.6) is 0 Å². The van der Waals surface area contributed by atoms with Gasteiger partial charge in [0.05, 0.1) is 4.88 Å². The monoisotopic (exact) mass is 320 g/mol. The molecule has 7 nitrogen and oxygen atoms in total. The number of nitrogens with two attached hydrogens (primary N) is 1. The molecule has 1 heterocycles. The molecule has 112 valence electrons. The minimum absolute atomic E-state index is 0.114. The van der Waals surface area contributed by atoms with Crippen LogP contribution in [0.2, 0.25) is 0 Å². The molecule has 1 rings (SSSR count). The van der Waals surface area contributed by atoms with Crippen LogP contribution in [-0.2, 0) is 14.8 Å². The van der Waals surface area contributed by atoms with Crippen LogP contribution < -0.4 is 5.14 Å². The van der Waals surface area contributed by atoms with E-state index in [2.05, 4.69) is 0 Å². The Morgan fingerprint density at radius 1 is 1.45 bits per heavy atom. The molecule has 1 aromatic rings. The number of sulfonamides is 1. The van der Waals surface area contributed by atoms with E-state index in [1.807, 2.05) is 0 Å². The van der Waals surface area contributed by atoms with Crippen molar-refractivity contribution in [3.63, 3.8) is 0 Å². The summed E-state index contributed by atoms with van der Waals surface area (Å²) in [4.78, 5) is 24.5.